The molecule has 0 spiro atoms. The first-order chi connectivity index (χ1) is 12.6. The van der Waals surface area contributed by atoms with Crippen molar-refractivity contribution in [2.45, 2.75) is 6.42 Å². The average Bonchev–Trinajstić information content (AvgIpc) is 2.68. The van der Waals surface area contributed by atoms with Crippen molar-refractivity contribution in [2.24, 2.45) is 5.92 Å². The van der Waals surface area contributed by atoms with Crippen LogP contribution in [0.1, 0.15) is 16.8 Å². The summed E-state index contributed by atoms with van der Waals surface area (Å²) in [4.78, 5) is 24.0. The van der Waals surface area contributed by atoms with Crippen LogP contribution in [-0.4, -0.2) is 17.0 Å². The van der Waals surface area contributed by atoms with Crippen LogP contribution >= 0.6 is 0 Å². The molecule has 2 aromatic rings. The number of nitrogens with one attached hydrogen (secondary N) is 1. The summed E-state index contributed by atoms with van der Waals surface area (Å²) in [6.07, 6.45) is 5.35. The number of nitrogens with zero attached hydrogens (tertiary/aromatic N) is 1. The monoisotopic (exact) mass is 344 g/mol. The number of amides is 1. The first-order valence-electron chi connectivity index (χ1n) is 8.09. The highest BCUT2D eigenvalue weighted by molar-refractivity contribution is 6.08. The lowest BCUT2D eigenvalue weighted by Crippen LogP contribution is -2.19. The number of carbonyl (C=O) groups excluding carboxylic acids is 1. The van der Waals surface area contributed by atoms with Crippen molar-refractivity contribution >= 4 is 17.6 Å². The molecule has 2 N–H and O–H groups in total. The molecule has 1 aliphatic carbocycles. The summed E-state index contributed by atoms with van der Waals surface area (Å²) in [5.74, 6) is -1.87. The van der Waals surface area contributed by atoms with Crippen LogP contribution in [0.15, 0.2) is 72.3 Å². The number of hydrogen-bond donors (Lipinski definition) is 2. The van der Waals surface area contributed by atoms with Crippen LogP contribution in [0.3, 0.4) is 0 Å². The molecule has 1 unspecified atom stereocenters. The van der Waals surface area contributed by atoms with Crippen molar-refractivity contribution in [2.75, 3.05) is 5.32 Å². The van der Waals surface area contributed by atoms with Crippen LogP contribution in [-0.2, 0) is 4.79 Å². The molecule has 1 aliphatic rings. The van der Waals surface area contributed by atoms with Gasteiger partial charge in [-0.25, -0.2) is 4.79 Å². The van der Waals surface area contributed by atoms with Gasteiger partial charge in [-0.05, 0) is 29.7 Å². The van der Waals surface area contributed by atoms with E-state index in [-0.39, 0.29) is 17.2 Å². The normalized spacial score (nSPS) is 15.7. The van der Waals surface area contributed by atoms with Crippen molar-refractivity contribution in [3.05, 3.63) is 77.9 Å². The van der Waals surface area contributed by atoms with Gasteiger partial charge in [0.1, 0.15) is 0 Å². The molecule has 0 radical (unpaired) electrons. The van der Waals surface area contributed by atoms with Crippen LogP contribution in [0.5, 0.6) is 0 Å². The van der Waals surface area contributed by atoms with E-state index in [1.54, 1.807) is 30.4 Å². The highest BCUT2D eigenvalue weighted by atomic mass is 16.4. The van der Waals surface area contributed by atoms with Crippen LogP contribution in [0.2, 0.25) is 0 Å². The largest absolute Gasteiger partial charge is 0.478 e. The predicted molar refractivity (Wildman–Crippen MR) is 98.4 cm³/mol. The lowest BCUT2D eigenvalue weighted by molar-refractivity contribution is -0.113. The summed E-state index contributed by atoms with van der Waals surface area (Å²) in [5, 5.41) is 21.1. The van der Waals surface area contributed by atoms with Gasteiger partial charge >= 0.3 is 5.97 Å². The summed E-state index contributed by atoms with van der Waals surface area (Å²) in [6.45, 7) is 0. The van der Waals surface area contributed by atoms with E-state index in [4.69, 9.17) is 5.26 Å². The molecule has 0 saturated heterocycles. The lowest BCUT2D eigenvalue weighted by atomic mass is 9.95. The molecule has 26 heavy (non-hydrogen) atoms. The fraction of sp³-hybridized carbons (Fsp3) is 0.0952. The van der Waals surface area contributed by atoms with Gasteiger partial charge in [0.15, 0.2) is 0 Å². The van der Waals surface area contributed by atoms with E-state index >= 15 is 0 Å². The van der Waals surface area contributed by atoms with E-state index in [0.29, 0.717) is 12.0 Å². The van der Waals surface area contributed by atoms with Crippen molar-refractivity contribution in [3.63, 3.8) is 0 Å². The molecule has 128 valence electrons. The standard InChI is InChI=1S/C21H16N2O3/c22-13-14-5-4-8-17(11-14)20(24)23-19-12-16(9-10-18(19)21(25)26)15-6-2-1-3-7-15/h1-10,12,14H,11H2,(H,23,24)(H,25,26). The third kappa shape index (κ3) is 3.70. The van der Waals surface area contributed by atoms with E-state index in [2.05, 4.69) is 11.4 Å². The number of aromatic carboxylic acids is 1. The summed E-state index contributed by atoms with van der Waals surface area (Å²) >= 11 is 0. The van der Waals surface area contributed by atoms with Gasteiger partial charge in [0, 0.05) is 5.57 Å². The third-order valence-corrected chi connectivity index (χ3v) is 4.14. The van der Waals surface area contributed by atoms with Gasteiger partial charge in [0.25, 0.3) is 5.91 Å². The first-order valence-corrected chi connectivity index (χ1v) is 8.09. The minimum Gasteiger partial charge on any atom is -0.478 e. The second kappa shape index (κ2) is 7.49. The molecule has 5 nitrogen and oxygen atoms in total. The number of anilines is 1. The summed E-state index contributed by atoms with van der Waals surface area (Å²) in [6, 6.07) is 16.4. The molecule has 0 bridgehead atoms. The quantitative estimate of drug-likeness (QED) is 0.876. The molecular formula is C21H16N2O3. The molecule has 2 aromatic carbocycles. The third-order valence-electron chi connectivity index (χ3n) is 4.14. The van der Waals surface area contributed by atoms with Gasteiger partial charge in [-0.15, -0.1) is 0 Å². The maximum atomic E-state index is 12.5. The molecule has 0 saturated carbocycles. The Morgan fingerprint density at radius 2 is 1.88 bits per heavy atom. The van der Waals surface area contributed by atoms with Crippen LogP contribution < -0.4 is 5.32 Å². The van der Waals surface area contributed by atoms with E-state index < -0.39 is 11.9 Å². The van der Waals surface area contributed by atoms with Crippen LogP contribution in [0.25, 0.3) is 11.1 Å². The Morgan fingerprint density at radius 3 is 2.58 bits per heavy atom. The van der Waals surface area contributed by atoms with Crippen molar-refractivity contribution in [1.82, 2.24) is 0 Å². The Morgan fingerprint density at radius 1 is 1.12 bits per heavy atom. The Labute approximate surface area is 150 Å². The topological polar surface area (TPSA) is 90.2 Å². The molecular weight excluding hydrogens is 328 g/mol. The van der Waals surface area contributed by atoms with E-state index in [1.165, 1.54) is 6.07 Å². The number of benzene rings is 2. The Bertz CT molecular complexity index is 953. The van der Waals surface area contributed by atoms with Crippen molar-refractivity contribution < 1.29 is 14.7 Å². The maximum absolute atomic E-state index is 12.5. The molecule has 5 heteroatoms. The summed E-state index contributed by atoms with van der Waals surface area (Å²) < 4.78 is 0. The predicted octanol–water partition coefficient (Wildman–Crippen LogP) is 4.02. The number of carboxylic acid groups (broad SMARTS) is 1. The fourth-order valence-electron chi connectivity index (χ4n) is 2.78. The van der Waals surface area contributed by atoms with Crippen molar-refractivity contribution in [1.29, 1.82) is 5.26 Å². The molecule has 0 aromatic heterocycles. The van der Waals surface area contributed by atoms with Crippen LogP contribution in [0.4, 0.5) is 5.69 Å². The highest BCUT2D eigenvalue weighted by Crippen LogP contribution is 2.27. The van der Waals surface area contributed by atoms with E-state index in [0.717, 1.165) is 11.1 Å². The van der Waals surface area contributed by atoms with E-state index in [9.17, 15) is 14.7 Å². The second-order valence-electron chi connectivity index (χ2n) is 5.90. The SMILES string of the molecule is N#CC1C=CC=C(C(=O)Nc2cc(-c3ccccc3)ccc2C(=O)O)C1. The number of carboxylic acids is 1. The van der Waals surface area contributed by atoms with Gasteiger partial charge in [-0.3, -0.25) is 4.79 Å². The molecule has 0 fully saturated rings. The van der Waals surface area contributed by atoms with Crippen LogP contribution in [0, 0.1) is 17.2 Å². The lowest BCUT2D eigenvalue weighted by Gasteiger charge is -2.15. The molecule has 3 rings (SSSR count). The molecule has 1 atom stereocenters. The maximum Gasteiger partial charge on any atom is 0.337 e. The average molecular weight is 344 g/mol. The molecule has 1 amide bonds. The minimum absolute atomic E-state index is 0.0156. The smallest absolute Gasteiger partial charge is 0.337 e. The minimum atomic E-state index is -1.12. The number of allylic oxidation sites excluding steroid dienone is 3. The summed E-state index contributed by atoms with van der Waals surface area (Å²) in [5.41, 5.74) is 2.41. The van der Waals surface area contributed by atoms with Gasteiger partial charge in [0.05, 0.1) is 23.2 Å². The highest BCUT2D eigenvalue weighted by Gasteiger charge is 2.19. The number of hydrogen-bond acceptors (Lipinski definition) is 3. The number of rotatable bonds is 4. The van der Waals surface area contributed by atoms with Gasteiger partial charge in [-0.2, -0.15) is 5.26 Å². The zero-order valence-corrected chi connectivity index (χ0v) is 13.8. The summed E-state index contributed by atoms with van der Waals surface area (Å²) in [7, 11) is 0. The zero-order chi connectivity index (χ0) is 18.5. The van der Waals surface area contributed by atoms with E-state index in [1.807, 2.05) is 30.3 Å². The van der Waals surface area contributed by atoms with Gasteiger partial charge < -0.3 is 10.4 Å². The first kappa shape index (κ1) is 17.2. The molecule has 0 heterocycles. The van der Waals surface area contributed by atoms with Crippen molar-refractivity contribution in [3.8, 4) is 17.2 Å². The second-order valence-corrected chi connectivity index (χ2v) is 5.90. The molecule has 0 aliphatic heterocycles. The number of carbonyl (C=O) groups is 2. The van der Waals surface area contributed by atoms with Gasteiger partial charge in [-0.1, -0.05) is 54.6 Å². The Balaban J connectivity index is 1.92. The zero-order valence-electron chi connectivity index (χ0n) is 13.8. The fourth-order valence-corrected chi connectivity index (χ4v) is 2.78. The Hall–Kier alpha value is -3.65. The van der Waals surface area contributed by atoms with Gasteiger partial charge in [0.2, 0.25) is 0 Å². The number of nitriles is 1. The Kier molecular flexibility index (Phi) is 4.95.